The van der Waals surface area contributed by atoms with Crippen LogP contribution in [0, 0.1) is 17.7 Å². The fourth-order valence-corrected chi connectivity index (χ4v) is 3.99. The van der Waals surface area contributed by atoms with Gasteiger partial charge in [-0.05, 0) is 62.4 Å². The number of phenolic OH excluding ortho intramolecular Hbond substituents is 1. The predicted octanol–water partition coefficient (Wildman–Crippen LogP) is 5.89. The first-order valence-electron chi connectivity index (χ1n) is 14.2. The lowest BCUT2D eigenvalue weighted by molar-refractivity contribution is -0.150. The third-order valence-corrected chi connectivity index (χ3v) is 6.43. The average molecular weight is 597 g/mol. The third kappa shape index (κ3) is 11.7. The lowest BCUT2D eigenvalue weighted by Crippen LogP contribution is -2.41. The van der Waals surface area contributed by atoms with Crippen molar-refractivity contribution in [2.24, 2.45) is 11.8 Å². The number of hydrogen-bond donors (Lipinski definition) is 2. The maximum absolute atomic E-state index is 13.2. The van der Waals surface area contributed by atoms with E-state index in [-0.39, 0.29) is 35.0 Å². The van der Waals surface area contributed by atoms with Gasteiger partial charge in [-0.3, -0.25) is 9.59 Å². The topological polar surface area (TPSA) is 124 Å². The maximum atomic E-state index is 13.2. The van der Waals surface area contributed by atoms with E-state index in [1.54, 1.807) is 57.2 Å². The quantitative estimate of drug-likeness (QED) is 0.248. The van der Waals surface area contributed by atoms with Crippen molar-refractivity contribution in [1.82, 2.24) is 10.3 Å². The highest BCUT2D eigenvalue weighted by atomic mass is 19.1. The van der Waals surface area contributed by atoms with Crippen LogP contribution in [0.1, 0.15) is 63.5 Å². The van der Waals surface area contributed by atoms with Crippen LogP contribution in [0.2, 0.25) is 0 Å². The summed E-state index contributed by atoms with van der Waals surface area (Å²) in [6.07, 6.45) is 3.18. The molecule has 2 unspecified atom stereocenters. The molecule has 1 amide bonds. The molecule has 9 nitrogen and oxygen atoms in total. The number of benzene rings is 2. The molecule has 0 saturated heterocycles. The number of halogens is 1. The first-order valence-corrected chi connectivity index (χ1v) is 14.2. The number of methoxy groups -OCH3 is 1. The van der Waals surface area contributed by atoms with Gasteiger partial charge in [-0.1, -0.05) is 57.5 Å². The van der Waals surface area contributed by atoms with Crippen molar-refractivity contribution in [1.29, 1.82) is 0 Å². The van der Waals surface area contributed by atoms with Crippen LogP contribution < -0.4 is 14.8 Å². The number of phenols is 1. The van der Waals surface area contributed by atoms with Crippen molar-refractivity contribution in [3.63, 3.8) is 0 Å². The van der Waals surface area contributed by atoms with Crippen molar-refractivity contribution >= 4 is 17.8 Å². The van der Waals surface area contributed by atoms with Crippen LogP contribution in [0.5, 0.6) is 17.2 Å². The number of aromatic hydroxyl groups is 1. The number of esters is 2. The maximum Gasteiger partial charge on any atom is 0.328 e. The second-order valence-electron chi connectivity index (χ2n) is 10.4. The van der Waals surface area contributed by atoms with Crippen molar-refractivity contribution in [2.45, 2.75) is 66.0 Å². The molecule has 1 aromatic heterocycles. The SMILES string of the molecule is CCC(Cc1ccc(F)cc1)CC(C)OC(=O)[C@H](C)NC(=O)c1nccc(OC)c1OC(=O)C(C)C.Oc1ccccc1. The monoisotopic (exact) mass is 596 g/mol. The van der Waals surface area contributed by atoms with Gasteiger partial charge in [-0.25, -0.2) is 14.2 Å². The van der Waals surface area contributed by atoms with Crippen LogP contribution in [0.15, 0.2) is 66.9 Å². The van der Waals surface area contributed by atoms with Crippen molar-refractivity contribution < 1.29 is 38.1 Å². The van der Waals surface area contributed by atoms with Crippen LogP contribution >= 0.6 is 0 Å². The van der Waals surface area contributed by atoms with Crippen LogP contribution in [-0.4, -0.2) is 47.2 Å². The Hall–Kier alpha value is -4.47. The molecule has 3 atom stereocenters. The van der Waals surface area contributed by atoms with Crippen LogP contribution in [0.3, 0.4) is 0 Å². The number of para-hydroxylation sites is 1. The Balaban J connectivity index is 0.000000804. The van der Waals surface area contributed by atoms with Crippen LogP contribution in [0.4, 0.5) is 4.39 Å². The summed E-state index contributed by atoms with van der Waals surface area (Å²) >= 11 is 0. The summed E-state index contributed by atoms with van der Waals surface area (Å²) in [5, 5.41) is 11.2. The smallest absolute Gasteiger partial charge is 0.328 e. The Morgan fingerprint density at radius 3 is 2.14 bits per heavy atom. The van der Waals surface area contributed by atoms with Crippen molar-refractivity contribution in [3.8, 4) is 17.2 Å². The normalized spacial score (nSPS) is 12.7. The molecule has 0 aliphatic heterocycles. The molecule has 232 valence electrons. The molecule has 1 heterocycles. The molecule has 0 saturated carbocycles. The number of hydrogen-bond acceptors (Lipinski definition) is 8. The molecule has 0 fully saturated rings. The molecule has 2 N–H and O–H groups in total. The Labute approximate surface area is 252 Å². The number of ether oxygens (including phenoxy) is 3. The number of rotatable bonds is 12. The van der Waals surface area contributed by atoms with E-state index in [0.717, 1.165) is 18.4 Å². The van der Waals surface area contributed by atoms with Crippen molar-refractivity contribution in [2.75, 3.05) is 7.11 Å². The van der Waals surface area contributed by atoms with Crippen LogP contribution in [0.25, 0.3) is 0 Å². The summed E-state index contributed by atoms with van der Waals surface area (Å²) in [5.41, 5.74) is 0.837. The molecule has 2 aromatic carbocycles. The fraction of sp³-hybridized carbons (Fsp3) is 0.394. The Morgan fingerprint density at radius 2 is 1.60 bits per heavy atom. The van der Waals surface area contributed by atoms with E-state index in [0.29, 0.717) is 12.2 Å². The van der Waals surface area contributed by atoms with Gasteiger partial charge in [0.25, 0.3) is 5.91 Å². The van der Waals surface area contributed by atoms with E-state index >= 15 is 0 Å². The minimum absolute atomic E-state index is 0.114. The molecule has 0 bridgehead atoms. The van der Waals surface area contributed by atoms with Gasteiger partial charge in [0.15, 0.2) is 11.4 Å². The standard InChI is InChI=1S/C27H35FN2O6.C6H6O/c1-7-19(15-20-8-10-21(28)11-9-20)14-17(4)35-27(33)18(5)30-25(31)23-24(36-26(32)16(2)3)22(34-6)12-13-29-23;7-6-4-2-1-3-5-6/h8-13,16-19H,7,14-15H2,1-6H3,(H,30,31);1-5,7H/t17?,18-,19?;/m0./s1. The van der Waals surface area contributed by atoms with Gasteiger partial charge in [0.2, 0.25) is 5.75 Å². The summed E-state index contributed by atoms with van der Waals surface area (Å²) in [6, 6.07) is 15.6. The number of aromatic nitrogens is 1. The number of amides is 1. The number of pyridine rings is 1. The highest BCUT2D eigenvalue weighted by Crippen LogP contribution is 2.30. The first kappa shape index (κ1) is 34.7. The van der Waals surface area contributed by atoms with Gasteiger partial charge in [0, 0.05) is 12.3 Å². The van der Waals surface area contributed by atoms with E-state index in [9.17, 15) is 18.8 Å². The number of nitrogens with one attached hydrogen (secondary N) is 1. The predicted molar refractivity (Wildman–Crippen MR) is 160 cm³/mol. The highest BCUT2D eigenvalue weighted by molar-refractivity contribution is 5.98. The van der Waals surface area contributed by atoms with Gasteiger partial charge in [-0.15, -0.1) is 0 Å². The fourth-order valence-electron chi connectivity index (χ4n) is 3.99. The summed E-state index contributed by atoms with van der Waals surface area (Å²) < 4.78 is 29.3. The summed E-state index contributed by atoms with van der Waals surface area (Å²) in [7, 11) is 1.38. The molecular formula is C33H41FN2O7. The number of nitrogens with zero attached hydrogens (tertiary/aromatic N) is 1. The van der Waals surface area contributed by atoms with E-state index in [4.69, 9.17) is 19.3 Å². The zero-order valence-corrected chi connectivity index (χ0v) is 25.5. The summed E-state index contributed by atoms with van der Waals surface area (Å²) in [4.78, 5) is 41.7. The number of carbonyl (C=O) groups excluding carboxylic acids is 3. The first-order chi connectivity index (χ1) is 20.4. The van der Waals surface area contributed by atoms with E-state index in [1.807, 2.05) is 6.07 Å². The molecule has 43 heavy (non-hydrogen) atoms. The Bertz CT molecular complexity index is 1320. The molecule has 0 aliphatic rings. The molecule has 0 aliphatic carbocycles. The molecule has 0 spiro atoms. The summed E-state index contributed by atoms with van der Waals surface area (Å²) in [5.74, 6) is -1.96. The second kappa shape index (κ2) is 17.5. The number of carbonyl (C=O) groups is 3. The molecular weight excluding hydrogens is 555 g/mol. The van der Waals surface area contributed by atoms with Gasteiger partial charge >= 0.3 is 11.9 Å². The lowest BCUT2D eigenvalue weighted by atomic mass is 9.92. The van der Waals surface area contributed by atoms with Gasteiger partial charge in [0.05, 0.1) is 19.1 Å². The lowest BCUT2D eigenvalue weighted by Gasteiger charge is -2.22. The molecule has 3 rings (SSSR count). The Kier molecular flexibility index (Phi) is 14.1. The van der Waals surface area contributed by atoms with E-state index in [1.165, 1.54) is 38.4 Å². The molecule has 0 radical (unpaired) electrons. The van der Waals surface area contributed by atoms with Crippen molar-refractivity contribution in [3.05, 3.63) is 83.9 Å². The van der Waals surface area contributed by atoms with Gasteiger partial charge < -0.3 is 24.6 Å². The van der Waals surface area contributed by atoms with Gasteiger partial charge in [-0.2, -0.15) is 0 Å². The summed E-state index contributed by atoms with van der Waals surface area (Å²) in [6.45, 7) is 8.67. The molecule has 10 heteroatoms. The average Bonchev–Trinajstić information content (AvgIpc) is 2.98. The zero-order chi connectivity index (χ0) is 31.9. The van der Waals surface area contributed by atoms with Gasteiger partial charge in [0.1, 0.15) is 17.6 Å². The van der Waals surface area contributed by atoms with E-state index in [2.05, 4.69) is 17.2 Å². The largest absolute Gasteiger partial charge is 0.508 e. The highest BCUT2D eigenvalue weighted by Gasteiger charge is 2.27. The molecule has 3 aromatic rings. The zero-order valence-electron chi connectivity index (χ0n) is 25.5. The van der Waals surface area contributed by atoms with E-state index < -0.39 is 29.8 Å². The third-order valence-electron chi connectivity index (χ3n) is 6.43. The minimum atomic E-state index is -0.973. The second-order valence-corrected chi connectivity index (χ2v) is 10.4. The minimum Gasteiger partial charge on any atom is -0.508 e. The van der Waals surface area contributed by atoms with Crippen LogP contribution in [-0.2, 0) is 20.7 Å². The Morgan fingerprint density at radius 1 is 0.953 bits per heavy atom.